The van der Waals surface area contributed by atoms with Gasteiger partial charge >= 0.3 is 0 Å². The molecule has 3 rings (SSSR count). The molecule has 0 radical (unpaired) electrons. The van der Waals surface area contributed by atoms with Crippen LogP contribution in [-0.4, -0.2) is 19.2 Å². The zero-order valence-electron chi connectivity index (χ0n) is 14.0. The molecule has 0 unspecified atom stereocenters. The Kier molecular flexibility index (Phi) is 5.76. The summed E-state index contributed by atoms with van der Waals surface area (Å²) in [7, 11) is 1.51. The fourth-order valence-electron chi connectivity index (χ4n) is 2.72. The highest BCUT2D eigenvalue weighted by molar-refractivity contribution is 6.36. The molecule has 0 saturated heterocycles. The van der Waals surface area contributed by atoms with Gasteiger partial charge in [0.2, 0.25) is 5.91 Å². The number of nitrogens with one attached hydrogen (secondary N) is 1. The molecule has 0 aliphatic heterocycles. The Labute approximate surface area is 161 Å². The quantitative estimate of drug-likeness (QED) is 0.503. The van der Waals surface area contributed by atoms with Gasteiger partial charge in [-0.3, -0.25) is 4.79 Å². The highest BCUT2D eigenvalue weighted by Crippen LogP contribution is 2.31. The predicted molar refractivity (Wildman–Crippen MR) is 106 cm³/mol. The lowest BCUT2D eigenvalue weighted by molar-refractivity contribution is -0.120. The molecule has 4 nitrogen and oxygen atoms in total. The number of hydrogen-bond acceptors (Lipinski definition) is 3. The van der Waals surface area contributed by atoms with Crippen LogP contribution < -0.4 is 10.2 Å². The third kappa shape index (κ3) is 4.15. The Hall–Kier alpha value is -2.56. The average Bonchev–Trinajstić information content (AvgIpc) is 2.62. The molecule has 0 aliphatic rings. The highest BCUT2D eigenvalue weighted by Gasteiger charge is 2.09. The largest absolute Gasteiger partial charge is 0.495 e. The van der Waals surface area contributed by atoms with Gasteiger partial charge < -0.3 is 4.74 Å². The van der Waals surface area contributed by atoms with Crippen molar-refractivity contribution in [1.82, 2.24) is 5.43 Å². The number of rotatable bonds is 5. The van der Waals surface area contributed by atoms with Crippen LogP contribution in [0.15, 0.2) is 59.7 Å². The van der Waals surface area contributed by atoms with E-state index in [-0.39, 0.29) is 12.3 Å². The normalized spacial score (nSPS) is 11.0. The van der Waals surface area contributed by atoms with Gasteiger partial charge in [0, 0.05) is 10.6 Å². The molecular formula is C20H16Cl2N2O2. The second kappa shape index (κ2) is 8.21. The van der Waals surface area contributed by atoms with Gasteiger partial charge in [0.15, 0.2) is 0 Å². The van der Waals surface area contributed by atoms with E-state index in [1.807, 2.05) is 42.5 Å². The van der Waals surface area contributed by atoms with Crippen LogP contribution >= 0.6 is 23.2 Å². The van der Waals surface area contributed by atoms with Crippen LogP contribution in [0.1, 0.15) is 11.1 Å². The van der Waals surface area contributed by atoms with E-state index in [0.29, 0.717) is 21.4 Å². The van der Waals surface area contributed by atoms with Crippen molar-refractivity contribution in [2.75, 3.05) is 7.11 Å². The minimum Gasteiger partial charge on any atom is -0.495 e. The monoisotopic (exact) mass is 386 g/mol. The fourth-order valence-corrected chi connectivity index (χ4v) is 3.31. The first-order valence-corrected chi connectivity index (χ1v) is 8.65. The fraction of sp³-hybridized carbons (Fsp3) is 0.100. The molecule has 1 amide bonds. The van der Waals surface area contributed by atoms with Crippen LogP contribution in [0.25, 0.3) is 10.8 Å². The summed E-state index contributed by atoms with van der Waals surface area (Å²) in [6, 6.07) is 17.1. The molecule has 0 bridgehead atoms. The van der Waals surface area contributed by atoms with Crippen molar-refractivity contribution >= 4 is 46.1 Å². The van der Waals surface area contributed by atoms with E-state index in [1.165, 1.54) is 13.3 Å². The Morgan fingerprint density at radius 2 is 1.92 bits per heavy atom. The molecule has 132 valence electrons. The molecule has 0 atom stereocenters. The summed E-state index contributed by atoms with van der Waals surface area (Å²) in [6.07, 6.45) is 1.68. The molecule has 26 heavy (non-hydrogen) atoms. The standard InChI is InChI=1S/C20H16Cl2N2O2/c1-26-20-15(9-16(21)11-18(20)22)12-23-24-19(25)10-14-7-4-6-13-5-2-3-8-17(13)14/h2-9,11-12H,10H2,1H3,(H,24,25)/b23-12-. The lowest BCUT2D eigenvalue weighted by atomic mass is 10.0. The molecule has 0 spiro atoms. The molecule has 1 N–H and O–H groups in total. The van der Waals surface area contributed by atoms with Crippen molar-refractivity contribution < 1.29 is 9.53 Å². The summed E-state index contributed by atoms with van der Waals surface area (Å²) >= 11 is 12.1. The number of hydrogen-bond donors (Lipinski definition) is 1. The van der Waals surface area contributed by atoms with Crippen LogP contribution in [0.4, 0.5) is 0 Å². The van der Waals surface area contributed by atoms with Gasteiger partial charge in [0.25, 0.3) is 0 Å². The van der Waals surface area contributed by atoms with E-state index in [9.17, 15) is 4.79 Å². The topological polar surface area (TPSA) is 50.7 Å². The maximum absolute atomic E-state index is 12.2. The van der Waals surface area contributed by atoms with Gasteiger partial charge in [-0.1, -0.05) is 65.7 Å². The molecule has 0 saturated carbocycles. The van der Waals surface area contributed by atoms with E-state index >= 15 is 0 Å². The third-order valence-corrected chi connectivity index (χ3v) is 4.36. The predicted octanol–water partition coefficient (Wildman–Crippen LogP) is 4.85. The minimum atomic E-state index is -0.218. The number of methoxy groups -OCH3 is 1. The lowest BCUT2D eigenvalue weighted by Crippen LogP contribution is -2.20. The maximum atomic E-state index is 12.2. The lowest BCUT2D eigenvalue weighted by Gasteiger charge is -2.08. The number of halogens is 2. The molecular weight excluding hydrogens is 371 g/mol. The molecule has 3 aromatic carbocycles. The van der Waals surface area contributed by atoms with Crippen LogP contribution in [0, 0.1) is 0 Å². The second-order valence-electron chi connectivity index (χ2n) is 5.62. The zero-order chi connectivity index (χ0) is 18.5. The summed E-state index contributed by atoms with van der Waals surface area (Å²) in [5, 5.41) is 6.97. The zero-order valence-corrected chi connectivity index (χ0v) is 15.5. The molecule has 3 aromatic rings. The van der Waals surface area contributed by atoms with E-state index < -0.39 is 0 Å². The third-order valence-electron chi connectivity index (χ3n) is 3.87. The smallest absolute Gasteiger partial charge is 0.244 e. The summed E-state index contributed by atoms with van der Waals surface area (Å²) < 4.78 is 5.24. The molecule has 0 aliphatic carbocycles. The van der Waals surface area contributed by atoms with Crippen molar-refractivity contribution in [3.05, 3.63) is 75.8 Å². The van der Waals surface area contributed by atoms with E-state index in [2.05, 4.69) is 10.5 Å². The first-order chi connectivity index (χ1) is 12.6. The van der Waals surface area contributed by atoms with Crippen LogP contribution in [0.3, 0.4) is 0 Å². The number of benzene rings is 3. The number of amides is 1. The maximum Gasteiger partial charge on any atom is 0.244 e. The van der Waals surface area contributed by atoms with Gasteiger partial charge in [-0.15, -0.1) is 0 Å². The highest BCUT2D eigenvalue weighted by atomic mass is 35.5. The van der Waals surface area contributed by atoms with Crippen molar-refractivity contribution in [3.63, 3.8) is 0 Å². The number of carbonyl (C=O) groups excluding carboxylic acids is 1. The van der Waals surface area contributed by atoms with Crippen LogP contribution in [0.5, 0.6) is 5.75 Å². The molecule has 0 heterocycles. The molecule has 0 fully saturated rings. The Morgan fingerprint density at radius 1 is 1.15 bits per heavy atom. The number of fused-ring (bicyclic) bond motifs is 1. The molecule has 0 aromatic heterocycles. The summed E-state index contributed by atoms with van der Waals surface area (Å²) in [6.45, 7) is 0. The van der Waals surface area contributed by atoms with Gasteiger partial charge in [0.05, 0.1) is 24.8 Å². The number of carbonyl (C=O) groups is 1. The van der Waals surface area contributed by atoms with E-state index in [4.69, 9.17) is 27.9 Å². The van der Waals surface area contributed by atoms with Crippen molar-refractivity contribution in [1.29, 1.82) is 0 Å². The van der Waals surface area contributed by atoms with Crippen molar-refractivity contribution in [2.45, 2.75) is 6.42 Å². The number of nitrogens with zero attached hydrogens (tertiary/aromatic N) is 1. The van der Waals surface area contributed by atoms with Crippen molar-refractivity contribution in [2.24, 2.45) is 5.10 Å². The number of hydrazone groups is 1. The van der Waals surface area contributed by atoms with Crippen LogP contribution in [0.2, 0.25) is 10.0 Å². The minimum absolute atomic E-state index is 0.218. The van der Waals surface area contributed by atoms with E-state index in [1.54, 1.807) is 12.1 Å². The summed E-state index contributed by atoms with van der Waals surface area (Å²) in [4.78, 5) is 12.2. The molecule has 6 heteroatoms. The second-order valence-corrected chi connectivity index (χ2v) is 6.46. The number of ether oxygens (including phenoxy) is 1. The van der Waals surface area contributed by atoms with Gasteiger partial charge in [-0.25, -0.2) is 5.43 Å². The Balaban J connectivity index is 1.72. The first-order valence-electron chi connectivity index (χ1n) is 7.90. The SMILES string of the molecule is COc1c(Cl)cc(Cl)cc1/C=N\NC(=O)Cc1cccc2ccccc12. The van der Waals surface area contributed by atoms with Gasteiger partial charge in [0.1, 0.15) is 5.75 Å². The summed E-state index contributed by atoms with van der Waals surface area (Å²) in [5.41, 5.74) is 4.05. The van der Waals surface area contributed by atoms with Crippen molar-refractivity contribution in [3.8, 4) is 5.75 Å². The van der Waals surface area contributed by atoms with Gasteiger partial charge in [-0.05, 0) is 28.5 Å². The Bertz CT molecular complexity index is 981. The van der Waals surface area contributed by atoms with Gasteiger partial charge in [-0.2, -0.15) is 5.10 Å². The summed E-state index contributed by atoms with van der Waals surface area (Å²) in [5.74, 6) is 0.229. The Morgan fingerprint density at radius 3 is 2.73 bits per heavy atom. The first kappa shape index (κ1) is 18.2. The average molecular weight is 387 g/mol. The van der Waals surface area contributed by atoms with Crippen LogP contribution in [-0.2, 0) is 11.2 Å². The van der Waals surface area contributed by atoms with E-state index in [0.717, 1.165) is 16.3 Å².